The summed E-state index contributed by atoms with van der Waals surface area (Å²) in [6.45, 7) is 0. The number of hydrogen-bond donors (Lipinski definition) is 2. The van der Waals surface area contributed by atoms with Gasteiger partial charge in [0.15, 0.2) is 0 Å². The first-order valence-corrected chi connectivity index (χ1v) is 4.69. The molecule has 0 heterocycles. The van der Waals surface area contributed by atoms with E-state index in [1.165, 1.54) is 25.7 Å². The van der Waals surface area contributed by atoms with Crippen LogP contribution in [-0.4, -0.2) is 17.3 Å². The predicted octanol–water partition coefficient (Wildman–Crippen LogP) is 0.495. The molecular formula is C9H15NO. The Hall–Kier alpha value is -0.0800. The van der Waals surface area contributed by atoms with Gasteiger partial charge in [0, 0.05) is 6.04 Å². The maximum absolute atomic E-state index is 9.74. The second kappa shape index (κ2) is 1.64. The molecule has 0 radical (unpaired) electrons. The highest BCUT2D eigenvalue weighted by Gasteiger charge is 2.67. The SMILES string of the molecule is NC1C(O)C2CCC1C21CC1. The molecule has 2 heteroatoms. The summed E-state index contributed by atoms with van der Waals surface area (Å²) in [6, 6.07) is 0.108. The molecule has 0 aliphatic heterocycles. The Balaban J connectivity index is 2.01. The third kappa shape index (κ3) is 0.541. The van der Waals surface area contributed by atoms with Gasteiger partial charge in [0.05, 0.1) is 6.10 Å². The Labute approximate surface area is 66.8 Å². The fraction of sp³-hybridized carbons (Fsp3) is 1.00. The van der Waals surface area contributed by atoms with Gasteiger partial charge in [-0.1, -0.05) is 0 Å². The van der Waals surface area contributed by atoms with E-state index in [4.69, 9.17) is 5.73 Å². The van der Waals surface area contributed by atoms with Crippen LogP contribution >= 0.6 is 0 Å². The van der Waals surface area contributed by atoms with Crippen molar-refractivity contribution >= 4 is 0 Å². The zero-order valence-corrected chi connectivity index (χ0v) is 6.66. The van der Waals surface area contributed by atoms with Crippen molar-refractivity contribution in [3.05, 3.63) is 0 Å². The van der Waals surface area contributed by atoms with Crippen LogP contribution in [0.4, 0.5) is 0 Å². The lowest BCUT2D eigenvalue weighted by molar-refractivity contribution is 0.0889. The summed E-state index contributed by atoms with van der Waals surface area (Å²) in [7, 11) is 0. The van der Waals surface area contributed by atoms with Crippen LogP contribution in [0, 0.1) is 17.3 Å². The number of rotatable bonds is 0. The van der Waals surface area contributed by atoms with E-state index < -0.39 is 0 Å². The van der Waals surface area contributed by atoms with E-state index in [-0.39, 0.29) is 12.1 Å². The molecular weight excluding hydrogens is 138 g/mol. The normalized spacial score (nSPS) is 57.3. The summed E-state index contributed by atoms with van der Waals surface area (Å²) >= 11 is 0. The first-order valence-electron chi connectivity index (χ1n) is 4.69. The fourth-order valence-corrected chi connectivity index (χ4v) is 3.69. The number of aliphatic hydroxyl groups excluding tert-OH is 1. The van der Waals surface area contributed by atoms with E-state index in [9.17, 15) is 5.11 Å². The Morgan fingerprint density at radius 3 is 2.18 bits per heavy atom. The van der Waals surface area contributed by atoms with Gasteiger partial charge >= 0.3 is 0 Å². The largest absolute Gasteiger partial charge is 0.391 e. The first kappa shape index (κ1) is 6.44. The number of aliphatic hydroxyl groups is 1. The number of hydrogen-bond acceptors (Lipinski definition) is 2. The van der Waals surface area contributed by atoms with Gasteiger partial charge in [-0.15, -0.1) is 0 Å². The van der Waals surface area contributed by atoms with E-state index in [1.807, 2.05) is 0 Å². The third-order valence-corrected chi connectivity index (χ3v) is 4.36. The molecule has 0 aromatic carbocycles. The highest BCUT2D eigenvalue weighted by Crippen LogP contribution is 2.70. The summed E-state index contributed by atoms with van der Waals surface area (Å²) in [5, 5.41) is 9.74. The van der Waals surface area contributed by atoms with Crippen LogP contribution < -0.4 is 5.73 Å². The molecule has 4 unspecified atom stereocenters. The van der Waals surface area contributed by atoms with Crippen LogP contribution in [0.25, 0.3) is 0 Å². The molecule has 2 nitrogen and oxygen atoms in total. The second-order valence-corrected chi connectivity index (χ2v) is 4.59. The molecule has 3 N–H and O–H groups in total. The Kier molecular flexibility index (Phi) is 0.961. The van der Waals surface area contributed by atoms with Crippen molar-refractivity contribution in [1.82, 2.24) is 0 Å². The zero-order chi connectivity index (χ0) is 7.64. The molecule has 0 saturated heterocycles. The van der Waals surface area contributed by atoms with Crippen LogP contribution in [0.1, 0.15) is 25.7 Å². The average Bonchev–Trinajstić information content (AvgIpc) is 2.60. The lowest BCUT2D eigenvalue weighted by atomic mass is 9.93. The molecule has 11 heavy (non-hydrogen) atoms. The quantitative estimate of drug-likeness (QED) is 0.532. The zero-order valence-electron chi connectivity index (χ0n) is 6.66. The minimum atomic E-state index is -0.170. The summed E-state index contributed by atoms with van der Waals surface area (Å²) in [4.78, 5) is 0. The van der Waals surface area contributed by atoms with Crippen molar-refractivity contribution in [2.24, 2.45) is 23.0 Å². The van der Waals surface area contributed by atoms with Gasteiger partial charge in [-0.2, -0.15) is 0 Å². The molecule has 0 aromatic rings. The molecule has 2 bridgehead atoms. The minimum Gasteiger partial charge on any atom is -0.391 e. The Morgan fingerprint density at radius 1 is 1.18 bits per heavy atom. The van der Waals surface area contributed by atoms with E-state index in [1.54, 1.807) is 0 Å². The maximum Gasteiger partial charge on any atom is 0.0727 e. The molecule has 3 aliphatic rings. The molecule has 3 saturated carbocycles. The van der Waals surface area contributed by atoms with E-state index in [0.717, 1.165) is 0 Å². The topological polar surface area (TPSA) is 46.2 Å². The van der Waals surface area contributed by atoms with Crippen molar-refractivity contribution in [3.8, 4) is 0 Å². The molecule has 3 fully saturated rings. The minimum absolute atomic E-state index is 0.108. The van der Waals surface area contributed by atoms with Crippen LogP contribution in [0.15, 0.2) is 0 Å². The van der Waals surface area contributed by atoms with Gasteiger partial charge in [0.2, 0.25) is 0 Å². The smallest absolute Gasteiger partial charge is 0.0727 e. The standard InChI is InChI=1S/C9H15NO/c10-7-5-1-2-6(8(7)11)9(5)3-4-9/h5-8,11H,1-4,10H2. The molecule has 1 spiro atoms. The lowest BCUT2D eigenvalue weighted by Gasteiger charge is -2.22. The van der Waals surface area contributed by atoms with Gasteiger partial charge in [-0.3, -0.25) is 0 Å². The van der Waals surface area contributed by atoms with E-state index in [2.05, 4.69) is 0 Å². The third-order valence-electron chi connectivity index (χ3n) is 4.36. The van der Waals surface area contributed by atoms with Crippen LogP contribution in [-0.2, 0) is 0 Å². The van der Waals surface area contributed by atoms with Gasteiger partial charge in [-0.25, -0.2) is 0 Å². The van der Waals surface area contributed by atoms with Crippen molar-refractivity contribution in [3.63, 3.8) is 0 Å². The summed E-state index contributed by atoms with van der Waals surface area (Å²) in [6.07, 6.45) is 5.03. The first-order chi connectivity index (χ1) is 5.26. The van der Waals surface area contributed by atoms with Crippen molar-refractivity contribution in [2.45, 2.75) is 37.8 Å². The predicted molar refractivity (Wildman–Crippen MR) is 41.9 cm³/mol. The molecule has 3 aliphatic carbocycles. The van der Waals surface area contributed by atoms with E-state index >= 15 is 0 Å². The number of nitrogens with two attached hydrogens (primary N) is 1. The maximum atomic E-state index is 9.74. The van der Waals surface area contributed by atoms with Gasteiger partial charge in [0.1, 0.15) is 0 Å². The van der Waals surface area contributed by atoms with Crippen molar-refractivity contribution in [2.75, 3.05) is 0 Å². The van der Waals surface area contributed by atoms with E-state index in [0.29, 0.717) is 17.3 Å². The van der Waals surface area contributed by atoms with Gasteiger partial charge < -0.3 is 10.8 Å². The van der Waals surface area contributed by atoms with Crippen molar-refractivity contribution in [1.29, 1.82) is 0 Å². The second-order valence-electron chi connectivity index (χ2n) is 4.59. The highest BCUT2D eigenvalue weighted by atomic mass is 16.3. The van der Waals surface area contributed by atoms with Gasteiger partial charge in [0.25, 0.3) is 0 Å². The van der Waals surface area contributed by atoms with Crippen LogP contribution in [0.2, 0.25) is 0 Å². The molecule has 62 valence electrons. The summed E-state index contributed by atoms with van der Waals surface area (Å²) in [5.74, 6) is 1.24. The van der Waals surface area contributed by atoms with Crippen LogP contribution in [0.3, 0.4) is 0 Å². The monoisotopic (exact) mass is 153 g/mol. The molecule has 3 rings (SSSR count). The summed E-state index contributed by atoms with van der Waals surface area (Å²) in [5.41, 5.74) is 6.47. The van der Waals surface area contributed by atoms with Crippen LogP contribution in [0.5, 0.6) is 0 Å². The molecule has 0 amide bonds. The average molecular weight is 153 g/mol. The fourth-order valence-electron chi connectivity index (χ4n) is 3.69. The summed E-state index contributed by atoms with van der Waals surface area (Å²) < 4.78 is 0. The molecule has 0 aromatic heterocycles. The highest BCUT2D eigenvalue weighted by molar-refractivity contribution is 5.18. The molecule has 4 atom stereocenters. The Bertz CT molecular complexity index is 182. The Morgan fingerprint density at radius 2 is 1.82 bits per heavy atom. The van der Waals surface area contributed by atoms with Crippen molar-refractivity contribution < 1.29 is 5.11 Å². The van der Waals surface area contributed by atoms with Gasteiger partial charge in [-0.05, 0) is 42.9 Å². The lowest BCUT2D eigenvalue weighted by Crippen LogP contribution is -2.39.